The molecule has 1 aliphatic rings. The zero-order valence-corrected chi connectivity index (χ0v) is 10.1. The van der Waals surface area contributed by atoms with Crippen molar-refractivity contribution in [3.8, 4) is 0 Å². The third kappa shape index (κ3) is 2.08. The van der Waals surface area contributed by atoms with E-state index in [0.717, 1.165) is 31.0 Å². The van der Waals surface area contributed by atoms with Gasteiger partial charge in [0.05, 0.1) is 12.2 Å². The van der Waals surface area contributed by atoms with Crippen LogP contribution >= 0.6 is 0 Å². The number of para-hydroxylation sites is 1. The summed E-state index contributed by atoms with van der Waals surface area (Å²) in [5, 5.41) is 11.4. The third-order valence-corrected chi connectivity index (χ3v) is 3.25. The Balaban J connectivity index is 1.74. The Bertz CT molecular complexity index is 550. The van der Waals surface area contributed by atoms with E-state index in [1.54, 1.807) is 12.1 Å². The van der Waals surface area contributed by atoms with E-state index in [1.807, 2.05) is 6.07 Å². The van der Waals surface area contributed by atoms with Gasteiger partial charge in [-0.15, -0.1) is 10.2 Å². The van der Waals surface area contributed by atoms with Crippen LogP contribution in [0.5, 0.6) is 0 Å². The molecule has 5 heteroatoms. The Labute approximate surface area is 105 Å². The van der Waals surface area contributed by atoms with Crippen molar-refractivity contribution in [2.45, 2.75) is 32.4 Å². The smallest absolute Gasteiger partial charge is 0.152 e. The van der Waals surface area contributed by atoms with Gasteiger partial charge in [0.2, 0.25) is 0 Å². The van der Waals surface area contributed by atoms with Crippen molar-refractivity contribution >= 4 is 5.69 Å². The molecule has 2 aromatic rings. The van der Waals surface area contributed by atoms with E-state index in [2.05, 4.69) is 20.1 Å². The summed E-state index contributed by atoms with van der Waals surface area (Å²) in [6.45, 7) is 1.48. The third-order valence-electron chi connectivity index (χ3n) is 3.25. The minimum absolute atomic E-state index is 0.240. The van der Waals surface area contributed by atoms with Gasteiger partial charge in [-0.25, -0.2) is 4.39 Å². The SMILES string of the molecule is Fc1ccccc1NCc1nnc2n1CCCC2. The molecule has 0 unspecified atom stereocenters. The van der Waals surface area contributed by atoms with Gasteiger partial charge in [-0.2, -0.15) is 0 Å². The van der Waals surface area contributed by atoms with Crippen molar-refractivity contribution in [2.24, 2.45) is 0 Å². The van der Waals surface area contributed by atoms with Gasteiger partial charge >= 0.3 is 0 Å². The summed E-state index contributed by atoms with van der Waals surface area (Å²) in [5.41, 5.74) is 0.505. The highest BCUT2D eigenvalue weighted by Gasteiger charge is 2.15. The van der Waals surface area contributed by atoms with Crippen LogP contribution in [0.3, 0.4) is 0 Å². The molecular weight excluding hydrogens is 231 g/mol. The van der Waals surface area contributed by atoms with Crippen LogP contribution in [0, 0.1) is 5.82 Å². The normalized spacial score (nSPS) is 14.3. The van der Waals surface area contributed by atoms with Crippen molar-refractivity contribution in [3.05, 3.63) is 41.7 Å². The summed E-state index contributed by atoms with van der Waals surface area (Å²) < 4.78 is 15.6. The van der Waals surface area contributed by atoms with Crippen LogP contribution < -0.4 is 5.32 Å². The molecule has 0 bridgehead atoms. The maximum absolute atomic E-state index is 13.5. The number of hydrogen-bond acceptors (Lipinski definition) is 3. The molecule has 0 fully saturated rings. The van der Waals surface area contributed by atoms with Gasteiger partial charge in [0.15, 0.2) is 5.82 Å². The van der Waals surface area contributed by atoms with Crippen molar-refractivity contribution in [2.75, 3.05) is 5.32 Å². The minimum atomic E-state index is -0.240. The second-order valence-electron chi connectivity index (χ2n) is 4.47. The molecule has 4 nitrogen and oxygen atoms in total. The number of benzene rings is 1. The summed E-state index contributed by atoms with van der Waals surface area (Å²) >= 11 is 0. The minimum Gasteiger partial charge on any atom is -0.375 e. The fraction of sp³-hybridized carbons (Fsp3) is 0.385. The molecule has 1 aliphatic heterocycles. The monoisotopic (exact) mass is 246 g/mol. The van der Waals surface area contributed by atoms with E-state index in [4.69, 9.17) is 0 Å². The first-order chi connectivity index (χ1) is 8.84. The topological polar surface area (TPSA) is 42.7 Å². The zero-order valence-electron chi connectivity index (χ0n) is 10.1. The fourth-order valence-electron chi connectivity index (χ4n) is 2.28. The van der Waals surface area contributed by atoms with Crippen LogP contribution in [0.2, 0.25) is 0 Å². The molecule has 1 N–H and O–H groups in total. The number of halogens is 1. The average molecular weight is 246 g/mol. The van der Waals surface area contributed by atoms with E-state index in [-0.39, 0.29) is 5.82 Å². The molecule has 94 valence electrons. The maximum Gasteiger partial charge on any atom is 0.152 e. The van der Waals surface area contributed by atoms with Gasteiger partial charge in [0.25, 0.3) is 0 Å². The number of aromatic nitrogens is 3. The van der Waals surface area contributed by atoms with Crippen molar-refractivity contribution in [3.63, 3.8) is 0 Å². The van der Waals surface area contributed by atoms with Crippen LogP contribution in [0.4, 0.5) is 10.1 Å². The van der Waals surface area contributed by atoms with Crippen LogP contribution in [-0.2, 0) is 19.5 Å². The first-order valence-corrected chi connectivity index (χ1v) is 6.24. The summed E-state index contributed by atoms with van der Waals surface area (Å²) in [7, 11) is 0. The second kappa shape index (κ2) is 4.76. The molecule has 3 rings (SSSR count). The number of hydrogen-bond donors (Lipinski definition) is 1. The summed E-state index contributed by atoms with van der Waals surface area (Å²) in [6.07, 6.45) is 3.34. The van der Waals surface area contributed by atoms with Crippen LogP contribution in [-0.4, -0.2) is 14.8 Å². The number of aryl methyl sites for hydroxylation is 1. The number of rotatable bonds is 3. The lowest BCUT2D eigenvalue weighted by molar-refractivity contribution is 0.509. The van der Waals surface area contributed by atoms with Crippen molar-refractivity contribution in [1.82, 2.24) is 14.8 Å². The van der Waals surface area contributed by atoms with Gasteiger partial charge in [-0.05, 0) is 25.0 Å². The molecule has 1 aromatic carbocycles. The lowest BCUT2D eigenvalue weighted by atomic mass is 10.2. The van der Waals surface area contributed by atoms with E-state index in [9.17, 15) is 4.39 Å². The highest BCUT2D eigenvalue weighted by molar-refractivity contribution is 5.44. The lowest BCUT2D eigenvalue weighted by Crippen LogP contribution is -2.15. The maximum atomic E-state index is 13.5. The first-order valence-electron chi connectivity index (χ1n) is 6.24. The van der Waals surface area contributed by atoms with Gasteiger partial charge in [0, 0.05) is 13.0 Å². The Morgan fingerprint density at radius 2 is 2.11 bits per heavy atom. The van der Waals surface area contributed by atoms with E-state index in [0.29, 0.717) is 12.2 Å². The molecule has 2 heterocycles. The van der Waals surface area contributed by atoms with E-state index < -0.39 is 0 Å². The highest BCUT2D eigenvalue weighted by Crippen LogP contribution is 2.17. The van der Waals surface area contributed by atoms with Gasteiger partial charge in [-0.1, -0.05) is 12.1 Å². The Hall–Kier alpha value is -1.91. The molecule has 18 heavy (non-hydrogen) atoms. The summed E-state index contributed by atoms with van der Waals surface area (Å²) in [5.74, 6) is 1.69. The van der Waals surface area contributed by atoms with Gasteiger partial charge in [0.1, 0.15) is 11.6 Å². The van der Waals surface area contributed by atoms with Gasteiger partial charge in [-0.3, -0.25) is 0 Å². The highest BCUT2D eigenvalue weighted by atomic mass is 19.1. The molecule has 0 aliphatic carbocycles. The molecule has 0 spiro atoms. The molecule has 0 saturated heterocycles. The first kappa shape index (κ1) is 11.2. The summed E-state index contributed by atoms with van der Waals surface area (Å²) in [6, 6.07) is 6.66. The molecule has 0 amide bonds. The van der Waals surface area contributed by atoms with E-state index in [1.165, 1.54) is 12.5 Å². The van der Waals surface area contributed by atoms with Crippen LogP contribution in [0.25, 0.3) is 0 Å². The molecule has 0 atom stereocenters. The number of nitrogens with zero attached hydrogens (tertiary/aromatic N) is 3. The number of nitrogens with one attached hydrogen (secondary N) is 1. The van der Waals surface area contributed by atoms with Crippen molar-refractivity contribution < 1.29 is 4.39 Å². The molecule has 0 saturated carbocycles. The predicted molar refractivity (Wildman–Crippen MR) is 66.7 cm³/mol. The molecule has 0 radical (unpaired) electrons. The van der Waals surface area contributed by atoms with Gasteiger partial charge < -0.3 is 9.88 Å². The molecular formula is C13H15FN4. The number of anilines is 1. The Morgan fingerprint density at radius 1 is 1.22 bits per heavy atom. The summed E-state index contributed by atoms with van der Waals surface area (Å²) in [4.78, 5) is 0. The number of fused-ring (bicyclic) bond motifs is 1. The Morgan fingerprint density at radius 3 is 3.00 bits per heavy atom. The second-order valence-corrected chi connectivity index (χ2v) is 4.47. The largest absolute Gasteiger partial charge is 0.375 e. The zero-order chi connectivity index (χ0) is 12.4. The lowest BCUT2D eigenvalue weighted by Gasteiger charge is -2.15. The van der Waals surface area contributed by atoms with Crippen molar-refractivity contribution in [1.29, 1.82) is 0 Å². The quantitative estimate of drug-likeness (QED) is 0.904. The van der Waals surface area contributed by atoms with E-state index >= 15 is 0 Å². The van der Waals surface area contributed by atoms with Crippen LogP contribution in [0.15, 0.2) is 24.3 Å². The average Bonchev–Trinajstić information content (AvgIpc) is 2.81. The predicted octanol–water partition coefficient (Wildman–Crippen LogP) is 2.37. The molecule has 1 aromatic heterocycles. The fourth-order valence-corrected chi connectivity index (χ4v) is 2.28. The standard InChI is InChI=1S/C13H15FN4/c14-10-5-1-2-6-11(10)15-9-13-17-16-12-7-3-4-8-18(12)13/h1-2,5-6,15H,3-4,7-9H2. The Kier molecular flexibility index (Phi) is 2.96. The van der Waals surface area contributed by atoms with Crippen LogP contribution in [0.1, 0.15) is 24.5 Å².